The second-order valence-electron chi connectivity index (χ2n) is 4.22. The van der Waals surface area contributed by atoms with Crippen molar-refractivity contribution in [3.63, 3.8) is 0 Å². The molecule has 0 saturated carbocycles. The number of hydrogen-bond donors (Lipinski definition) is 1. The van der Waals surface area contributed by atoms with Crippen molar-refractivity contribution in [3.05, 3.63) is 52.7 Å². The van der Waals surface area contributed by atoms with Crippen molar-refractivity contribution in [1.29, 1.82) is 0 Å². The Bertz CT molecular complexity index is 555. The molecule has 0 aliphatic heterocycles. The summed E-state index contributed by atoms with van der Waals surface area (Å²) in [5.74, 6) is 1.08. The molecule has 4 heteroatoms. The molecule has 0 amide bonds. The summed E-state index contributed by atoms with van der Waals surface area (Å²) < 4.78 is 5.73. The summed E-state index contributed by atoms with van der Waals surface area (Å²) in [5.41, 5.74) is 7.82. The van der Waals surface area contributed by atoms with Gasteiger partial charge in [0.05, 0.1) is 5.02 Å². The number of ether oxygens (including phenoxy) is 1. The SMILES string of the molecule is Cc1ccc(Oc2ncccc2[C@@H](C)N)c(Cl)c1. The van der Waals surface area contributed by atoms with Gasteiger partial charge in [-0.15, -0.1) is 0 Å². The number of benzene rings is 1. The van der Waals surface area contributed by atoms with Gasteiger partial charge in [-0.3, -0.25) is 0 Å². The Morgan fingerprint density at radius 2 is 2.11 bits per heavy atom. The molecule has 0 aliphatic rings. The van der Waals surface area contributed by atoms with E-state index < -0.39 is 0 Å². The van der Waals surface area contributed by atoms with Crippen LogP contribution < -0.4 is 10.5 Å². The maximum Gasteiger partial charge on any atom is 0.224 e. The third-order valence-corrected chi connectivity index (χ3v) is 2.88. The molecular formula is C14H15ClN2O. The molecule has 2 aromatic rings. The van der Waals surface area contributed by atoms with Gasteiger partial charge in [-0.2, -0.15) is 0 Å². The minimum absolute atomic E-state index is 0.141. The van der Waals surface area contributed by atoms with Crippen molar-refractivity contribution in [2.45, 2.75) is 19.9 Å². The van der Waals surface area contributed by atoms with E-state index in [9.17, 15) is 0 Å². The topological polar surface area (TPSA) is 48.1 Å². The fourth-order valence-corrected chi connectivity index (χ4v) is 1.90. The maximum atomic E-state index is 6.13. The largest absolute Gasteiger partial charge is 0.437 e. The highest BCUT2D eigenvalue weighted by molar-refractivity contribution is 6.32. The molecule has 0 unspecified atom stereocenters. The third-order valence-electron chi connectivity index (χ3n) is 2.59. The van der Waals surface area contributed by atoms with Crippen LogP contribution in [0.4, 0.5) is 0 Å². The van der Waals surface area contributed by atoms with Crippen LogP contribution in [0.2, 0.25) is 5.02 Å². The van der Waals surface area contributed by atoms with Crippen molar-refractivity contribution in [2.75, 3.05) is 0 Å². The zero-order valence-corrected chi connectivity index (χ0v) is 11.1. The van der Waals surface area contributed by atoms with Gasteiger partial charge in [0.25, 0.3) is 0 Å². The molecule has 0 spiro atoms. The Morgan fingerprint density at radius 3 is 2.78 bits per heavy atom. The van der Waals surface area contributed by atoms with E-state index in [0.717, 1.165) is 11.1 Å². The maximum absolute atomic E-state index is 6.13. The fraction of sp³-hybridized carbons (Fsp3) is 0.214. The van der Waals surface area contributed by atoms with Gasteiger partial charge in [-0.05, 0) is 37.6 Å². The minimum atomic E-state index is -0.141. The van der Waals surface area contributed by atoms with Crippen molar-refractivity contribution in [1.82, 2.24) is 4.98 Å². The van der Waals surface area contributed by atoms with E-state index in [-0.39, 0.29) is 6.04 Å². The number of aryl methyl sites for hydroxylation is 1. The molecule has 1 heterocycles. The Morgan fingerprint density at radius 1 is 1.33 bits per heavy atom. The minimum Gasteiger partial charge on any atom is -0.437 e. The molecule has 2 rings (SSSR count). The van der Waals surface area contributed by atoms with Crippen LogP contribution in [-0.2, 0) is 0 Å². The lowest BCUT2D eigenvalue weighted by Gasteiger charge is -2.13. The molecule has 1 atom stereocenters. The highest BCUT2D eigenvalue weighted by Gasteiger charge is 2.11. The number of hydrogen-bond acceptors (Lipinski definition) is 3. The second kappa shape index (κ2) is 5.38. The quantitative estimate of drug-likeness (QED) is 0.914. The Balaban J connectivity index is 2.34. The summed E-state index contributed by atoms with van der Waals surface area (Å²) in [6, 6.07) is 9.22. The van der Waals surface area contributed by atoms with Gasteiger partial charge in [-0.25, -0.2) is 4.98 Å². The molecule has 0 radical (unpaired) electrons. The zero-order valence-electron chi connectivity index (χ0n) is 10.4. The number of rotatable bonds is 3. The van der Waals surface area contributed by atoms with Crippen LogP contribution in [0.15, 0.2) is 36.5 Å². The van der Waals surface area contributed by atoms with E-state index in [0.29, 0.717) is 16.7 Å². The molecule has 0 fully saturated rings. The molecule has 18 heavy (non-hydrogen) atoms. The third kappa shape index (κ3) is 2.81. The van der Waals surface area contributed by atoms with Crippen molar-refractivity contribution >= 4 is 11.6 Å². The second-order valence-corrected chi connectivity index (χ2v) is 4.63. The van der Waals surface area contributed by atoms with Gasteiger partial charge in [0.1, 0.15) is 5.75 Å². The van der Waals surface area contributed by atoms with Crippen molar-refractivity contribution in [2.24, 2.45) is 5.73 Å². The molecule has 0 bridgehead atoms. The zero-order chi connectivity index (χ0) is 13.1. The van der Waals surface area contributed by atoms with E-state index in [1.54, 1.807) is 6.20 Å². The molecule has 1 aromatic heterocycles. The smallest absolute Gasteiger partial charge is 0.224 e. The Hall–Kier alpha value is -1.58. The molecular weight excluding hydrogens is 248 g/mol. The van der Waals surface area contributed by atoms with E-state index in [2.05, 4.69) is 4.98 Å². The molecule has 0 saturated heterocycles. The highest BCUT2D eigenvalue weighted by Crippen LogP contribution is 2.31. The van der Waals surface area contributed by atoms with E-state index in [4.69, 9.17) is 22.1 Å². The van der Waals surface area contributed by atoms with Gasteiger partial charge in [-0.1, -0.05) is 23.7 Å². The van der Waals surface area contributed by atoms with Crippen LogP contribution in [0, 0.1) is 6.92 Å². The van der Waals surface area contributed by atoms with Gasteiger partial charge in [0.15, 0.2) is 0 Å². The number of nitrogens with two attached hydrogens (primary N) is 1. The summed E-state index contributed by atoms with van der Waals surface area (Å²) in [6.45, 7) is 3.87. The molecule has 2 N–H and O–H groups in total. The van der Waals surface area contributed by atoms with Gasteiger partial charge >= 0.3 is 0 Å². The Kier molecular flexibility index (Phi) is 3.84. The number of pyridine rings is 1. The fourth-order valence-electron chi connectivity index (χ4n) is 1.63. The molecule has 1 aromatic carbocycles. The average Bonchev–Trinajstić information content (AvgIpc) is 2.33. The number of aromatic nitrogens is 1. The first-order valence-electron chi connectivity index (χ1n) is 5.72. The van der Waals surface area contributed by atoms with Crippen LogP contribution in [-0.4, -0.2) is 4.98 Å². The van der Waals surface area contributed by atoms with Crippen LogP contribution >= 0.6 is 11.6 Å². The van der Waals surface area contributed by atoms with Gasteiger partial charge in [0.2, 0.25) is 5.88 Å². The van der Waals surface area contributed by atoms with Gasteiger partial charge in [0, 0.05) is 17.8 Å². The summed E-state index contributed by atoms with van der Waals surface area (Å²) in [6.07, 6.45) is 1.67. The predicted octanol–water partition coefficient (Wildman–Crippen LogP) is 3.86. The number of nitrogens with zero attached hydrogens (tertiary/aromatic N) is 1. The highest BCUT2D eigenvalue weighted by atomic mass is 35.5. The first kappa shape index (κ1) is 12.9. The normalized spacial score (nSPS) is 12.2. The van der Waals surface area contributed by atoms with Crippen molar-refractivity contribution in [3.8, 4) is 11.6 Å². The first-order valence-corrected chi connectivity index (χ1v) is 6.10. The Labute approximate surface area is 112 Å². The summed E-state index contributed by atoms with van der Waals surface area (Å²) in [7, 11) is 0. The summed E-state index contributed by atoms with van der Waals surface area (Å²) in [4.78, 5) is 4.20. The lowest BCUT2D eigenvalue weighted by atomic mass is 10.1. The summed E-state index contributed by atoms with van der Waals surface area (Å²) in [5, 5.41) is 0.566. The standard InChI is InChI=1S/C14H15ClN2O/c1-9-5-6-13(12(15)8-9)18-14-11(10(2)16)4-3-7-17-14/h3-8,10H,16H2,1-2H3/t10-/m1/s1. The molecule has 0 aliphatic carbocycles. The van der Waals surface area contributed by atoms with Crippen LogP contribution in [0.5, 0.6) is 11.6 Å². The van der Waals surface area contributed by atoms with Gasteiger partial charge < -0.3 is 10.5 Å². The van der Waals surface area contributed by atoms with E-state index in [1.807, 2.05) is 44.2 Å². The average molecular weight is 263 g/mol. The number of halogens is 1. The monoisotopic (exact) mass is 262 g/mol. The molecule has 3 nitrogen and oxygen atoms in total. The van der Waals surface area contributed by atoms with E-state index in [1.165, 1.54) is 0 Å². The predicted molar refractivity (Wildman–Crippen MR) is 73.1 cm³/mol. The lowest BCUT2D eigenvalue weighted by Crippen LogP contribution is -2.07. The van der Waals surface area contributed by atoms with Crippen LogP contribution in [0.1, 0.15) is 24.1 Å². The van der Waals surface area contributed by atoms with Crippen LogP contribution in [0.25, 0.3) is 0 Å². The van der Waals surface area contributed by atoms with Crippen molar-refractivity contribution < 1.29 is 4.74 Å². The summed E-state index contributed by atoms with van der Waals surface area (Å²) >= 11 is 6.13. The van der Waals surface area contributed by atoms with Crippen LogP contribution in [0.3, 0.4) is 0 Å². The molecule has 94 valence electrons. The van der Waals surface area contributed by atoms with E-state index >= 15 is 0 Å². The lowest BCUT2D eigenvalue weighted by molar-refractivity contribution is 0.452. The first-order chi connectivity index (χ1) is 8.58.